The number of carbonyl (C=O) groups excluding carboxylic acids is 1. The smallest absolute Gasteiger partial charge is 0.191 e. The number of ketones is 1. The number of aliphatic hydroxyl groups is 1. The molecular weight excluding hydrogens is 188 g/mol. The molecule has 2 nitrogen and oxygen atoms in total. The molecule has 82 valence electrons. The number of hydrogen-bond acceptors (Lipinski definition) is 2. The normalized spacial score (nSPS) is 12.9. The molecule has 0 radical (unpaired) electrons. The van der Waals surface area contributed by atoms with Crippen LogP contribution in [0.1, 0.15) is 35.3 Å². The number of aryl methyl sites for hydroxylation is 2. The summed E-state index contributed by atoms with van der Waals surface area (Å²) in [6.07, 6.45) is -0.897. The van der Waals surface area contributed by atoms with Crippen LogP contribution in [-0.2, 0) is 0 Å². The van der Waals surface area contributed by atoms with Gasteiger partial charge in [0, 0.05) is 5.56 Å². The lowest BCUT2D eigenvalue weighted by Crippen LogP contribution is -2.26. The zero-order chi connectivity index (χ0) is 11.6. The molecule has 0 spiro atoms. The van der Waals surface area contributed by atoms with Crippen molar-refractivity contribution in [2.45, 2.75) is 33.8 Å². The van der Waals surface area contributed by atoms with Gasteiger partial charge in [0.05, 0.1) is 0 Å². The summed E-state index contributed by atoms with van der Waals surface area (Å²) in [5.41, 5.74) is 2.68. The van der Waals surface area contributed by atoms with Gasteiger partial charge >= 0.3 is 0 Å². The molecule has 0 saturated heterocycles. The summed E-state index contributed by atoms with van der Waals surface area (Å²) in [5, 5.41) is 9.69. The largest absolute Gasteiger partial charge is 0.385 e. The number of benzene rings is 1. The second-order valence-corrected chi connectivity index (χ2v) is 4.37. The minimum atomic E-state index is -0.897. The van der Waals surface area contributed by atoms with Crippen molar-refractivity contribution in [3.63, 3.8) is 0 Å². The van der Waals surface area contributed by atoms with E-state index in [9.17, 15) is 9.90 Å². The first-order valence-corrected chi connectivity index (χ1v) is 5.23. The van der Waals surface area contributed by atoms with Gasteiger partial charge in [0.2, 0.25) is 0 Å². The van der Waals surface area contributed by atoms with E-state index in [0.29, 0.717) is 5.56 Å². The van der Waals surface area contributed by atoms with Crippen molar-refractivity contribution in [1.82, 2.24) is 0 Å². The third-order valence-corrected chi connectivity index (χ3v) is 2.55. The summed E-state index contributed by atoms with van der Waals surface area (Å²) in [7, 11) is 0. The van der Waals surface area contributed by atoms with Crippen LogP contribution in [0.25, 0.3) is 0 Å². The van der Waals surface area contributed by atoms with Crippen LogP contribution in [0.5, 0.6) is 0 Å². The summed E-state index contributed by atoms with van der Waals surface area (Å²) in [5.74, 6) is -0.222. The standard InChI is InChI=1S/C13H18O2/c1-8(2)12(14)13(15)11-6-5-9(3)7-10(11)4/h5-8,12,14H,1-4H3. The van der Waals surface area contributed by atoms with Gasteiger partial charge in [0.15, 0.2) is 5.78 Å². The van der Waals surface area contributed by atoms with Crippen molar-refractivity contribution in [1.29, 1.82) is 0 Å². The van der Waals surface area contributed by atoms with Gasteiger partial charge in [-0.15, -0.1) is 0 Å². The van der Waals surface area contributed by atoms with Crippen LogP contribution in [-0.4, -0.2) is 17.0 Å². The van der Waals surface area contributed by atoms with Gasteiger partial charge in [-0.1, -0.05) is 37.6 Å². The van der Waals surface area contributed by atoms with E-state index < -0.39 is 6.10 Å². The van der Waals surface area contributed by atoms with E-state index in [-0.39, 0.29) is 11.7 Å². The minimum Gasteiger partial charge on any atom is -0.385 e. The number of hydrogen-bond donors (Lipinski definition) is 1. The van der Waals surface area contributed by atoms with Crippen LogP contribution in [0.4, 0.5) is 0 Å². The molecule has 1 aromatic rings. The average Bonchev–Trinajstić information content (AvgIpc) is 2.15. The molecule has 0 amide bonds. The SMILES string of the molecule is Cc1ccc(C(=O)C(O)C(C)C)c(C)c1. The Bertz CT molecular complexity index is 367. The molecule has 0 aliphatic heterocycles. The van der Waals surface area contributed by atoms with Gasteiger partial charge in [0.1, 0.15) is 6.10 Å². The highest BCUT2D eigenvalue weighted by atomic mass is 16.3. The second kappa shape index (κ2) is 4.58. The number of Topliss-reactive ketones (excluding diaryl/α,β-unsaturated/α-hetero) is 1. The fourth-order valence-electron chi connectivity index (χ4n) is 1.55. The molecule has 2 heteroatoms. The Morgan fingerprint density at radius 3 is 2.33 bits per heavy atom. The Morgan fingerprint density at radius 1 is 1.27 bits per heavy atom. The van der Waals surface area contributed by atoms with Crippen molar-refractivity contribution >= 4 is 5.78 Å². The zero-order valence-corrected chi connectivity index (χ0v) is 9.74. The number of carbonyl (C=O) groups is 1. The van der Waals surface area contributed by atoms with Crippen molar-refractivity contribution < 1.29 is 9.90 Å². The monoisotopic (exact) mass is 206 g/mol. The first kappa shape index (κ1) is 11.9. The molecule has 0 aliphatic rings. The van der Waals surface area contributed by atoms with Gasteiger partial charge in [0.25, 0.3) is 0 Å². The van der Waals surface area contributed by atoms with Crippen LogP contribution in [0.15, 0.2) is 18.2 Å². The molecule has 1 N–H and O–H groups in total. The Morgan fingerprint density at radius 2 is 1.87 bits per heavy atom. The molecule has 0 saturated carbocycles. The lowest BCUT2D eigenvalue weighted by atomic mass is 9.94. The van der Waals surface area contributed by atoms with Crippen molar-refractivity contribution in [3.05, 3.63) is 34.9 Å². The highest BCUT2D eigenvalue weighted by Crippen LogP contribution is 2.15. The van der Waals surface area contributed by atoms with Crippen molar-refractivity contribution in [2.24, 2.45) is 5.92 Å². The summed E-state index contributed by atoms with van der Waals surface area (Å²) in [4.78, 5) is 11.9. The fraction of sp³-hybridized carbons (Fsp3) is 0.462. The number of rotatable bonds is 3. The van der Waals surface area contributed by atoms with Gasteiger partial charge < -0.3 is 5.11 Å². The van der Waals surface area contributed by atoms with Crippen molar-refractivity contribution in [2.75, 3.05) is 0 Å². The third-order valence-electron chi connectivity index (χ3n) is 2.55. The minimum absolute atomic E-state index is 0.0433. The van der Waals surface area contributed by atoms with Gasteiger partial charge in [-0.05, 0) is 25.3 Å². The average molecular weight is 206 g/mol. The van der Waals surface area contributed by atoms with Crippen LogP contribution >= 0.6 is 0 Å². The first-order chi connectivity index (χ1) is 6.93. The predicted molar refractivity (Wildman–Crippen MR) is 61.1 cm³/mol. The molecule has 0 bridgehead atoms. The Hall–Kier alpha value is -1.15. The molecule has 0 aromatic heterocycles. The summed E-state index contributed by atoms with van der Waals surface area (Å²) in [6.45, 7) is 7.56. The summed E-state index contributed by atoms with van der Waals surface area (Å²) in [6, 6.07) is 5.64. The molecule has 1 unspecified atom stereocenters. The molecular formula is C13H18O2. The van der Waals surface area contributed by atoms with E-state index in [4.69, 9.17) is 0 Å². The third kappa shape index (κ3) is 2.66. The lowest BCUT2D eigenvalue weighted by molar-refractivity contribution is 0.0647. The van der Waals surface area contributed by atoms with E-state index in [1.165, 1.54) is 0 Å². The van der Waals surface area contributed by atoms with Gasteiger partial charge in [-0.25, -0.2) is 0 Å². The quantitative estimate of drug-likeness (QED) is 0.771. The van der Waals surface area contributed by atoms with E-state index in [2.05, 4.69) is 0 Å². The predicted octanol–water partition coefficient (Wildman–Crippen LogP) is 2.50. The van der Waals surface area contributed by atoms with Crippen LogP contribution in [0.2, 0.25) is 0 Å². The van der Waals surface area contributed by atoms with E-state index in [1.807, 2.05) is 39.8 Å². The molecule has 15 heavy (non-hydrogen) atoms. The first-order valence-electron chi connectivity index (χ1n) is 5.23. The maximum atomic E-state index is 11.9. The van der Waals surface area contributed by atoms with E-state index in [1.54, 1.807) is 6.07 Å². The zero-order valence-electron chi connectivity index (χ0n) is 9.74. The van der Waals surface area contributed by atoms with Gasteiger partial charge in [-0.3, -0.25) is 4.79 Å². The highest BCUT2D eigenvalue weighted by Gasteiger charge is 2.21. The van der Waals surface area contributed by atoms with E-state index in [0.717, 1.165) is 11.1 Å². The topological polar surface area (TPSA) is 37.3 Å². The Labute approximate surface area is 90.9 Å². The maximum Gasteiger partial charge on any atom is 0.191 e. The fourth-order valence-corrected chi connectivity index (χ4v) is 1.55. The molecule has 1 atom stereocenters. The number of aliphatic hydroxyl groups excluding tert-OH is 1. The van der Waals surface area contributed by atoms with Crippen LogP contribution < -0.4 is 0 Å². The molecule has 0 aliphatic carbocycles. The van der Waals surface area contributed by atoms with Crippen LogP contribution in [0, 0.1) is 19.8 Å². The van der Waals surface area contributed by atoms with Gasteiger partial charge in [-0.2, -0.15) is 0 Å². The Kier molecular flexibility index (Phi) is 3.64. The van der Waals surface area contributed by atoms with Crippen LogP contribution in [0.3, 0.4) is 0 Å². The Balaban J connectivity index is 3.01. The second-order valence-electron chi connectivity index (χ2n) is 4.37. The lowest BCUT2D eigenvalue weighted by Gasteiger charge is -2.14. The summed E-state index contributed by atoms with van der Waals surface area (Å²) >= 11 is 0. The molecule has 1 aromatic carbocycles. The molecule has 0 heterocycles. The maximum absolute atomic E-state index is 11.9. The molecule has 0 fully saturated rings. The van der Waals surface area contributed by atoms with E-state index >= 15 is 0 Å². The highest BCUT2D eigenvalue weighted by molar-refractivity contribution is 6.00. The van der Waals surface area contributed by atoms with Crippen molar-refractivity contribution in [3.8, 4) is 0 Å². The summed E-state index contributed by atoms with van der Waals surface area (Å²) < 4.78 is 0. The molecule has 1 rings (SSSR count).